The fourth-order valence-electron chi connectivity index (χ4n) is 2.80. The molecule has 1 aliphatic rings. The van der Waals surface area contributed by atoms with Crippen LogP contribution in [0.15, 0.2) is 59.0 Å². The lowest BCUT2D eigenvalue weighted by molar-refractivity contribution is 0.119. The van der Waals surface area contributed by atoms with Crippen molar-refractivity contribution in [1.82, 2.24) is 10.0 Å². The summed E-state index contributed by atoms with van der Waals surface area (Å²) < 4.78 is 7.64. The zero-order chi connectivity index (χ0) is 15.7. The molecule has 0 fully saturated rings. The number of pyridine rings is 1. The summed E-state index contributed by atoms with van der Waals surface area (Å²) in [6.45, 7) is 4.05. The Bertz CT molecular complexity index is 790. The number of nitrogens with zero attached hydrogens (tertiary/aromatic N) is 1. The van der Waals surface area contributed by atoms with Gasteiger partial charge in [-0.3, -0.25) is 9.36 Å². The van der Waals surface area contributed by atoms with Crippen LogP contribution >= 0.6 is 0 Å². The van der Waals surface area contributed by atoms with E-state index in [9.17, 15) is 10.0 Å². The maximum atomic E-state index is 12.3. The Hall–Kier alpha value is -2.37. The first-order chi connectivity index (χ1) is 10.5. The van der Waals surface area contributed by atoms with Crippen LogP contribution in [0.1, 0.15) is 19.4 Å². The van der Waals surface area contributed by atoms with Gasteiger partial charge < -0.3 is 9.94 Å². The van der Waals surface area contributed by atoms with E-state index in [-0.39, 0.29) is 12.1 Å². The molecule has 1 aromatic carbocycles. The van der Waals surface area contributed by atoms with E-state index in [1.54, 1.807) is 16.8 Å². The van der Waals surface area contributed by atoms with E-state index in [0.29, 0.717) is 0 Å². The molecule has 2 N–H and O–H groups in total. The number of fused-ring (bicyclic) bond motifs is 1. The second-order valence-electron chi connectivity index (χ2n) is 5.68. The van der Waals surface area contributed by atoms with Crippen molar-refractivity contribution in [3.05, 3.63) is 70.2 Å². The smallest absolute Gasteiger partial charge is 0.255 e. The standard InChI is InChI=1S/C17H18N2O3/c1-17(2)13(11-18-21)16(19-10-6-5-9-15(19)20)12-7-3-4-8-14(12)22-17/h3-10,18,21H,11H2,1-2H3. The van der Waals surface area contributed by atoms with E-state index >= 15 is 0 Å². The SMILES string of the molecule is CC1(C)Oc2ccccc2C(n2ccccc2=O)=C1CNO. The highest BCUT2D eigenvalue weighted by molar-refractivity contribution is 5.76. The highest BCUT2D eigenvalue weighted by atomic mass is 16.5. The molecule has 0 spiro atoms. The van der Waals surface area contributed by atoms with Crippen LogP contribution in [-0.2, 0) is 0 Å². The summed E-state index contributed by atoms with van der Waals surface area (Å²) in [6.07, 6.45) is 1.73. The van der Waals surface area contributed by atoms with Crippen molar-refractivity contribution in [3.63, 3.8) is 0 Å². The van der Waals surface area contributed by atoms with Gasteiger partial charge in [0.25, 0.3) is 5.56 Å². The predicted octanol–water partition coefficient (Wildman–Crippen LogP) is 2.26. The molecule has 0 radical (unpaired) electrons. The van der Waals surface area contributed by atoms with Crippen molar-refractivity contribution in [3.8, 4) is 5.75 Å². The third kappa shape index (κ3) is 2.34. The van der Waals surface area contributed by atoms with Gasteiger partial charge in [0.05, 0.1) is 5.70 Å². The van der Waals surface area contributed by atoms with Crippen LogP contribution < -0.4 is 15.8 Å². The van der Waals surface area contributed by atoms with Gasteiger partial charge in [-0.15, -0.1) is 0 Å². The Kier molecular flexibility index (Phi) is 3.60. The fourth-order valence-corrected chi connectivity index (χ4v) is 2.80. The zero-order valence-electron chi connectivity index (χ0n) is 12.5. The number of ether oxygens (including phenoxy) is 1. The quantitative estimate of drug-likeness (QED) is 0.853. The molecule has 1 aliphatic heterocycles. The summed E-state index contributed by atoms with van der Waals surface area (Å²) in [5, 5.41) is 9.21. The molecule has 0 saturated carbocycles. The maximum Gasteiger partial charge on any atom is 0.255 e. The van der Waals surface area contributed by atoms with Gasteiger partial charge in [-0.1, -0.05) is 18.2 Å². The van der Waals surface area contributed by atoms with Crippen molar-refractivity contribution >= 4 is 5.70 Å². The average molecular weight is 298 g/mol. The molecule has 0 bridgehead atoms. The number of rotatable bonds is 3. The lowest BCUT2D eigenvalue weighted by atomic mass is 9.89. The fraction of sp³-hybridized carbons (Fsp3) is 0.235. The molecular weight excluding hydrogens is 280 g/mol. The average Bonchev–Trinajstić information content (AvgIpc) is 2.49. The maximum absolute atomic E-state index is 12.3. The summed E-state index contributed by atoms with van der Waals surface area (Å²) in [4.78, 5) is 12.3. The highest BCUT2D eigenvalue weighted by Crippen LogP contribution is 2.40. The number of hydrogen-bond acceptors (Lipinski definition) is 4. The van der Waals surface area contributed by atoms with Crippen LogP contribution in [0.3, 0.4) is 0 Å². The first-order valence-corrected chi connectivity index (χ1v) is 7.11. The van der Waals surface area contributed by atoms with Gasteiger partial charge in [0.1, 0.15) is 11.4 Å². The van der Waals surface area contributed by atoms with Crippen LogP contribution in [0.5, 0.6) is 5.75 Å². The van der Waals surface area contributed by atoms with Gasteiger partial charge in [0.2, 0.25) is 0 Å². The molecule has 0 unspecified atom stereocenters. The van der Waals surface area contributed by atoms with Gasteiger partial charge in [0.15, 0.2) is 0 Å². The normalized spacial score (nSPS) is 16.1. The van der Waals surface area contributed by atoms with Crippen LogP contribution in [-0.4, -0.2) is 21.9 Å². The minimum atomic E-state index is -0.644. The van der Waals surface area contributed by atoms with Gasteiger partial charge in [-0.2, -0.15) is 0 Å². The zero-order valence-corrected chi connectivity index (χ0v) is 12.5. The summed E-state index contributed by atoms with van der Waals surface area (Å²) in [7, 11) is 0. The lowest BCUT2D eigenvalue weighted by Gasteiger charge is -2.37. The Labute approximate surface area is 128 Å². The van der Waals surface area contributed by atoms with Crippen molar-refractivity contribution in [2.75, 3.05) is 6.54 Å². The number of nitrogens with one attached hydrogen (secondary N) is 1. The van der Waals surface area contributed by atoms with Gasteiger partial charge >= 0.3 is 0 Å². The van der Waals surface area contributed by atoms with Crippen LogP contribution in [0, 0.1) is 0 Å². The lowest BCUT2D eigenvalue weighted by Crippen LogP contribution is -2.40. The number of hydrogen-bond donors (Lipinski definition) is 2. The monoisotopic (exact) mass is 298 g/mol. The molecule has 0 aliphatic carbocycles. The summed E-state index contributed by atoms with van der Waals surface area (Å²) in [5.74, 6) is 0.722. The number of aromatic nitrogens is 1. The minimum Gasteiger partial charge on any atom is -0.483 e. The third-order valence-corrected chi connectivity index (χ3v) is 3.84. The molecule has 0 atom stereocenters. The number of para-hydroxylation sites is 1. The van der Waals surface area contributed by atoms with Crippen molar-refractivity contribution in [2.24, 2.45) is 0 Å². The molecule has 2 heterocycles. The second-order valence-corrected chi connectivity index (χ2v) is 5.68. The molecular formula is C17H18N2O3. The Morgan fingerprint density at radius 3 is 2.64 bits per heavy atom. The van der Waals surface area contributed by atoms with Crippen molar-refractivity contribution in [2.45, 2.75) is 19.4 Å². The summed E-state index contributed by atoms with van der Waals surface area (Å²) in [6, 6.07) is 12.6. The molecule has 5 nitrogen and oxygen atoms in total. The predicted molar refractivity (Wildman–Crippen MR) is 84.0 cm³/mol. The first-order valence-electron chi connectivity index (χ1n) is 7.11. The topological polar surface area (TPSA) is 63.5 Å². The Balaban J connectivity index is 2.36. The summed E-state index contributed by atoms with van der Waals surface area (Å²) >= 11 is 0. The molecule has 2 aromatic rings. The van der Waals surface area contributed by atoms with Gasteiger partial charge in [-0.25, -0.2) is 5.48 Å². The molecule has 22 heavy (non-hydrogen) atoms. The third-order valence-electron chi connectivity index (χ3n) is 3.84. The molecule has 3 rings (SSSR count). The molecule has 0 saturated heterocycles. The van der Waals surface area contributed by atoms with E-state index in [0.717, 1.165) is 22.6 Å². The van der Waals surface area contributed by atoms with Crippen LogP contribution in [0.4, 0.5) is 0 Å². The van der Waals surface area contributed by atoms with E-state index in [4.69, 9.17) is 4.74 Å². The molecule has 114 valence electrons. The van der Waals surface area contributed by atoms with E-state index in [1.165, 1.54) is 6.07 Å². The van der Waals surface area contributed by atoms with E-state index < -0.39 is 5.60 Å². The van der Waals surface area contributed by atoms with E-state index in [1.807, 2.05) is 44.2 Å². The van der Waals surface area contributed by atoms with Gasteiger partial charge in [0, 0.05) is 29.9 Å². The van der Waals surface area contributed by atoms with Gasteiger partial charge in [-0.05, 0) is 32.0 Å². The highest BCUT2D eigenvalue weighted by Gasteiger charge is 2.35. The minimum absolute atomic E-state index is 0.125. The van der Waals surface area contributed by atoms with Crippen LogP contribution in [0.2, 0.25) is 0 Å². The molecule has 5 heteroatoms. The van der Waals surface area contributed by atoms with Crippen molar-refractivity contribution < 1.29 is 9.94 Å². The molecule has 1 aromatic heterocycles. The van der Waals surface area contributed by atoms with E-state index in [2.05, 4.69) is 5.48 Å². The first kappa shape index (κ1) is 14.6. The largest absolute Gasteiger partial charge is 0.483 e. The Morgan fingerprint density at radius 2 is 1.91 bits per heavy atom. The summed E-state index contributed by atoms with van der Waals surface area (Å²) in [5.41, 5.74) is 3.81. The van der Waals surface area contributed by atoms with Crippen molar-refractivity contribution in [1.29, 1.82) is 0 Å². The molecule has 0 amide bonds. The number of hydroxylamine groups is 1. The Morgan fingerprint density at radius 1 is 1.18 bits per heavy atom. The second kappa shape index (κ2) is 5.44. The van der Waals surface area contributed by atoms with Crippen LogP contribution in [0.25, 0.3) is 5.70 Å². The number of benzene rings is 1.